The highest BCUT2D eigenvalue weighted by atomic mass is 16.1. The number of rotatable bonds is 4. The van der Waals surface area contributed by atoms with Gasteiger partial charge in [0.05, 0.1) is 0 Å². The van der Waals surface area contributed by atoms with Crippen molar-refractivity contribution in [2.45, 2.75) is 80.1 Å². The third-order valence-corrected chi connectivity index (χ3v) is 10.0. The van der Waals surface area contributed by atoms with Crippen LogP contribution in [0, 0.1) is 52.3 Å². The van der Waals surface area contributed by atoms with E-state index in [1.54, 1.807) is 0 Å². The molecule has 0 amide bonds. The maximum absolute atomic E-state index is 12.0. The van der Waals surface area contributed by atoms with Crippen LogP contribution >= 0.6 is 0 Å². The van der Waals surface area contributed by atoms with Crippen LogP contribution in [0.25, 0.3) is 0 Å². The van der Waals surface area contributed by atoms with E-state index in [2.05, 4.69) is 59.8 Å². The van der Waals surface area contributed by atoms with Crippen molar-refractivity contribution in [1.29, 1.82) is 0 Å². The summed E-state index contributed by atoms with van der Waals surface area (Å²) in [6.07, 6.45) is 19.1. The lowest BCUT2D eigenvalue weighted by Gasteiger charge is -2.57. The molecule has 0 aromatic rings. The maximum atomic E-state index is 12.0. The molecule has 0 N–H and O–H groups in total. The van der Waals surface area contributed by atoms with Crippen molar-refractivity contribution in [3.05, 3.63) is 36.0 Å². The van der Waals surface area contributed by atoms with Crippen LogP contribution in [0.1, 0.15) is 80.1 Å². The van der Waals surface area contributed by atoms with Gasteiger partial charge in [-0.15, -0.1) is 0 Å². The maximum Gasteiger partial charge on any atom is 0.178 e. The Kier molecular flexibility index (Phi) is 5.50. The topological polar surface area (TPSA) is 17.1 Å². The molecule has 29 heavy (non-hydrogen) atoms. The van der Waals surface area contributed by atoms with E-state index in [4.69, 9.17) is 0 Å². The van der Waals surface area contributed by atoms with Gasteiger partial charge in [-0.2, -0.15) is 0 Å². The minimum atomic E-state index is 0.133. The Morgan fingerprint density at radius 3 is 2.48 bits per heavy atom. The molecule has 1 heteroatoms. The van der Waals surface area contributed by atoms with Gasteiger partial charge in [-0.25, -0.2) is 0 Å². The van der Waals surface area contributed by atoms with Crippen molar-refractivity contribution in [3.63, 3.8) is 0 Å². The summed E-state index contributed by atoms with van der Waals surface area (Å²) in [5.74, 6) is 5.55. The molecule has 1 nitrogen and oxygen atoms in total. The number of hydrogen-bond acceptors (Lipinski definition) is 1. The average molecular weight is 395 g/mol. The van der Waals surface area contributed by atoms with Crippen LogP contribution in [0.4, 0.5) is 0 Å². The SMILES string of the molecule is CC(C)[C@@H](C)/C=C/[C@@H](C)[C@H]1CC[C@H]2[C@@H]3CCC4=CC(=O)C=C[C@]4(C)[C@H]3CC[C@]12C. The van der Waals surface area contributed by atoms with E-state index in [9.17, 15) is 4.79 Å². The van der Waals surface area contributed by atoms with Crippen LogP contribution in [-0.4, -0.2) is 5.78 Å². The predicted octanol–water partition coefficient (Wildman–Crippen LogP) is 7.39. The Bertz CT molecular complexity index is 739. The van der Waals surface area contributed by atoms with Gasteiger partial charge >= 0.3 is 0 Å². The molecule has 0 radical (unpaired) electrons. The summed E-state index contributed by atoms with van der Waals surface area (Å²) in [7, 11) is 0. The number of carbonyl (C=O) groups excluding carboxylic acids is 1. The molecule has 0 unspecified atom stereocenters. The monoisotopic (exact) mass is 394 g/mol. The summed E-state index contributed by atoms with van der Waals surface area (Å²) in [4.78, 5) is 12.0. The zero-order valence-corrected chi connectivity index (χ0v) is 19.6. The first-order valence-corrected chi connectivity index (χ1v) is 12.3. The summed E-state index contributed by atoms with van der Waals surface area (Å²) in [5, 5.41) is 0. The molecule has 3 fully saturated rings. The lowest BCUT2D eigenvalue weighted by Crippen LogP contribution is -2.50. The lowest BCUT2D eigenvalue weighted by atomic mass is 9.47. The molecule has 8 atom stereocenters. The fraction of sp³-hybridized carbons (Fsp3) is 0.750. The number of hydrogen-bond donors (Lipinski definition) is 0. The smallest absolute Gasteiger partial charge is 0.178 e. The van der Waals surface area contributed by atoms with Crippen LogP contribution in [-0.2, 0) is 4.79 Å². The van der Waals surface area contributed by atoms with E-state index in [0.717, 1.165) is 36.0 Å². The molecule has 0 bridgehead atoms. The quantitative estimate of drug-likeness (QED) is 0.454. The third kappa shape index (κ3) is 3.41. The average Bonchev–Trinajstić information content (AvgIpc) is 3.03. The molecule has 0 aliphatic heterocycles. The fourth-order valence-corrected chi connectivity index (χ4v) is 7.81. The molecule has 160 valence electrons. The van der Waals surface area contributed by atoms with E-state index < -0.39 is 0 Å². The molecule has 4 aliphatic carbocycles. The molecular formula is C28H42O. The van der Waals surface area contributed by atoms with Crippen molar-refractivity contribution in [2.75, 3.05) is 0 Å². The van der Waals surface area contributed by atoms with Crippen LogP contribution in [0.3, 0.4) is 0 Å². The molecule has 0 aromatic heterocycles. The Labute approximate surface area is 179 Å². The summed E-state index contributed by atoms with van der Waals surface area (Å²) in [6, 6.07) is 0. The van der Waals surface area contributed by atoms with Gasteiger partial charge in [0.2, 0.25) is 0 Å². The van der Waals surface area contributed by atoms with Gasteiger partial charge in [-0.05, 0) is 97.5 Å². The minimum Gasteiger partial charge on any atom is -0.290 e. The molecular weight excluding hydrogens is 352 g/mol. The van der Waals surface area contributed by atoms with Crippen molar-refractivity contribution in [1.82, 2.24) is 0 Å². The van der Waals surface area contributed by atoms with Gasteiger partial charge in [-0.3, -0.25) is 4.79 Å². The van der Waals surface area contributed by atoms with Gasteiger partial charge in [0.1, 0.15) is 0 Å². The highest BCUT2D eigenvalue weighted by Crippen LogP contribution is 2.66. The first kappa shape index (κ1) is 21.1. The van der Waals surface area contributed by atoms with Crippen molar-refractivity contribution < 1.29 is 4.79 Å². The highest BCUT2D eigenvalue weighted by molar-refractivity contribution is 6.01. The van der Waals surface area contributed by atoms with Crippen molar-refractivity contribution in [2.24, 2.45) is 52.3 Å². The number of ketones is 1. The Balaban J connectivity index is 1.54. The second-order valence-electron chi connectivity index (χ2n) is 11.7. The summed E-state index contributed by atoms with van der Waals surface area (Å²) in [5.41, 5.74) is 2.05. The number of allylic oxidation sites excluding steroid dienone is 6. The van der Waals surface area contributed by atoms with Crippen molar-refractivity contribution in [3.8, 4) is 0 Å². The van der Waals surface area contributed by atoms with Crippen molar-refractivity contribution >= 4 is 5.78 Å². The van der Waals surface area contributed by atoms with E-state index >= 15 is 0 Å². The van der Waals surface area contributed by atoms with Gasteiger partial charge in [-0.1, -0.05) is 65.3 Å². The third-order valence-electron chi connectivity index (χ3n) is 10.0. The molecule has 0 saturated heterocycles. The Morgan fingerprint density at radius 2 is 1.76 bits per heavy atom. The van der Waals surface area contributed by atoms with Gasteiger partial charge in [0, 0.05) is 5.41 Å². The summed E-state index contributed by atoms with van der Waals surface area (Å²) in [6.45, 7) is 14.5. The molecule has 4 rings (SSSR count). The summed E-state index contributed by atoms with van der Waals surface area (Å²) >= 11 is 0. The standard InChI is InChI=1S/C28H42O/c1-18(2)19(3)7-8-20(4)24-11-12-25-23-10-9-21-17-22(29)13-15-27(21,5)26(23)14-16-28(24,25)6/h7-8,13,15,17-20,23-26H,9-12,14,16H2,1-6H3/b8-7+/t19-,20+,23-,24+,25-,26-,27-,28+/m0/s1. The molecule has 0 heterocycles. The van der Waals surface area contributed by atoms with E-state index in [1.807, 2.05) is 12.2 Å². The molecule has 0 spiro atoms. The van der Waals surface area contributed by atoms with Gasteiger partial charge < -0.3 is 0 Å². The first-order chi connectivity index (χ1) is 13.7. The van der Waals surface area contributed by atoms with Crippen LogP contribution in [0.5, 0.6) is 0 Å². The zero-order valence-electron chi connectivity index (χ0n) is 19.6. The molecule has 4 aliphatic rings. The molecule has 3 saturated carbocycles. The second kappa shape index (κ2) is 7.54. The zero-order chi connectivity index (χ0) is 21.0. The number of carbonyl (C=O) groups is 1. The highest BCUT2D eigenvalue weighted by Gasteiger charge is 2.58. The van der Waals surface area contributed by atoms with Gasteiger partial charge in [0.25, 0.3) is 0 Å². The normalized spacial score (nSPS) is 43.7. The lowest BCUT2D eigenvalue weighted by molar-refractivity contribution is -0.111. The minimum absolute atomic E-state index is 0.133. The Morgan fingerprint density at radius 1 is 1.00 bits per heavy atom. The number of fused-ring (bicyclic) bond motifs is 5. The van der Waals surface area contributed by atoms with Crippen LogP contribution in [0.2, 0.25) is 0 Å². The van der Waals surface area contributed by atoms with E-state index in [0.29, 0.717) is 17.3 Å². The predicted molar refractivity (Wildman–Crippen MR) is 122 cm³/mol. The largest absolute Gasteiger partial charge is 0.290 e. The summed E-state index contributed by atoms with van der Waals surface area (Å²) < 4.78 is 0. The second-order valence-corrected chi connectivity index (χ2v) is 11.7. The van der Waals surface area contributed by atoms with Crippen LogP contribution < -0.4 is 0 Å². The van der Waals surface area contributed by atoms with E-state index in [-0.39, 0.29) is 11.2 Å². The van der Waals surface area contributed by atoms with E-state index in [1.165, 1.54) is 37.7 Å². The Hall–Kier alpha value is -1.11. The first-order valence-electron chi connectivity index (χ1n) is 12.3. The fourth-order valence-electron chi connectivity index (χ4n) is 7.81. The van der Waals surface area contributed by atoms with Crippen LogP contribution in [0.15, 0.2) is 36.0 Å². The van der Waals surface area contributed by atoms with Gasteiger partial charge in [0.15, 0.2) is 5.78 Å². The molecule has 0 aromatic carbocycles.